The average Bonchev–Trinajstić information content (AvgIpc) is 2.55. The predicted molar refractivity (Wildman–Crippen MR) is 81.0 cm³/mol. The summed E-state index contributed by atoms with van der Waals surface area (Å²) in [5.41, 5.74) is 1.43. The number of rotatable bonds is 3. The number of hydrogen-bond donors (Lipinski definition) is 1. The van der Waals surface area contributed by atoms with Crippen LogP contribution in [0.15, 0.2) is 60.7 Å². The van der Waals surface area contributed by atoms with E-state index in [1.165, 1.54) is 6.07 Å². The van der Waals surface area contributed by atoms with Crippen LogP contribution in [-0.4, -0.2) is 12.2 Å². The van der Waals surface area contributed by atoms with Crippen LogP contribution in [0.25, 0.3) is 10.8 Å². The lowest BCUT2D eigenvalue weighted by Crippen LogP contribution is -2.01. The molecular weight excluding hydrogens is 267 g/mol. The highest BCUT2D eigenvalue weighted by Crippen LogP contribution is 2.30. The molecule has 0 spiro atoms. The number of benzene rings is 3. The summed E-state index contributed by atoms with van der Waals surface area (Å²) >= 11 is 0. The predicted octanol–water partition coefficient (Wildman–Crippen LogP) is 4.07. The first-order chi connectivity index (χ1) is 10.2. The highest BCUT2D eigenvalue weighted by atomic mass is 19.1. The summed E-state index contributed by atoms with van der Waals surface area (Å²) in [5.74, 6) is 0.450. The molecule has 0 aliphatic carbocycles. The van der Waals surface area contributed by atoms with Crippen LogP contribution < -0.4 is 4.74 Å². The Morgan fingerprint density at radius 3 is 2.24 bits per heavy atom. The van der Waals surface area contributed by atoms with Crippen LogP contribution in [-0.2, 0) is 0 Å². The molecule has 3 aromatic carbocycles. The molecular formula is C18H15FO2. The summed E-state index contributed by atoms with van der Waals surface area (Å²) in [6.07, 6.45) is -0.804. The minimum absolute atomic E-state index is 0.281. The van der Waals surface area contributed by atoms with E-state index in [2.05, 4.69) is 0 Å². The standard InChI is InChI=1S/C18H15FO2/c1-21-13-8-6-12(7-9-13)18(20)16-10-11-17(19)15-5-3-2-4-14(15)16/h2-11,18,20H,1H3. The Balaban J connectivity index is 2.08. The van der Waals surface area contributed by atoms with Gasteiger partial charge in [-0.1, -0.05) is 42.5 Å². The molecule has 0 saturated carbocycles. The number of fused-ring (bicyclic) bond motifs is 1. The summed E-state index contributed by atoms with van der Waals surface area (Å²) in [5, 5.41) is 11.8. The van der Waals surface area contributed by atoms with E-state index < -0.39 is 6.10 Å². The summed E-state index contributed by atoms with van der Waals surface area (Å²) < 4.78 is 18.9. The van der Waals surface area contributed by atoms with Gasteiger partial charge in [0.25, 0.3) is 0 Å². The topological polar surface area (TPSA) is 29.5 Å². The van der Waals surface area contributed by atoms with Crippen molar-refractivity contribution in [2.45, 2.75) is 6.10 Å². The van der Waals surface area contributed by atoms with Gasteiger partial charge in [-0.05, 0) is 34.7 Å². The van der Waals surface area contributed by atoms with Crippen molar-refractivity contribution in [2.75, 3.05) is 7.11 Å². The van der Waals surface area contributed by atoms with Gasteiger partial charge in [-0.2, -0.15) is 0 Å². The van der Waals surface area contributed by atoms with Crippen LogP contribution in [0.3, 0.4) is 0 Å². The molecule has 3 rings (SSSR count). The maximum Gasteiger partial charge on any atom is 0.131 e. The zero-order valence-corrected chi connectivity index (χ0v) is 11.6. The quantitative estimate of drug-likeness (QED) is 0.784. The minimum atomic E-state index is -0.804. The second-order valence-electron chi connectivity index (χ2n) is 4.86. The van der Waals surface area contributed by atoms with E-state index in [1.807, 2.05) is 24.3 Å². The second kappa shape index (κ2) is 5.54. The Morgan fingerprint density at radius 2 is 1.57 bits per heavy atom. The fourth-order valence-electron chi connectivity index (χ4n) is 2.49. The van der Waals surface area contributed by atoms with Gasteiger partial charge in [0.05, 0.1) is 7.11 Å². The molecule has 0 bridgehead atoms. The van der Waals surface area contributed by atoms with Crippen LogP contribution in [0, 0.1) is 5.82 Å². The molecule has 0 aliphatic heterocycles. The third-order valence-corrected chi connectivity index (χ3v) is 3.63. The maximum absolute atomic E-state index is 13.8. The van der Waals surface area contributed by atoms with E-state index in [4.69, 9.17) is 4.74 Å². The Bertz CT molecular complexity index is 766. The Labute approximate surface area is 122 Å². The normalized spacial score (nSPS) is 12.3. The number of halogens is 1. The van der Waals surface area contributed by atoms with Crippen molar-refractivity contribution >= 4 is 10.8 Å². The van der Waals surface area contributed by atoms with Gasteiger partial charge >= 0.3 is 0 Å². The SMILES string of the molecule is COc1ccc(C(O)c2ccc(F)c3ccccc23)cc1. The van der Waals surface area contributed by atoms with Gasteiger partial charge in [0.15, 0.2) is 0 Å². The van der Waals surface area contributed by atoms with Crippen molar-refractivity contribution in [1.29, 1.82) is 0 Å². The van der Waals surface area contributed by atoms with E-state index in [9.17, 15) is 9.50 Å². The average molecular weight is 282 g/mol. The van der Waals surface area contributed by atoms with Gasteiger partial charge in [0, 0.05) is 5.39 Å². The molecule has 0 saturated heterocycles. The Kier molecular flexibility index (Phi) is 3.59. The fourth-order valence-corrected chi connectivity index (χ4v) is 2.49. The molecule has 3 heteroatoms. The van der Waals surface area contributed by atoms with Crippen molar-refractivity contribution < 1.29 is 14.2 Å². The van der Waals surface area contributed by atoms with E-state index in [-0.39, 0.29) is 5.82 Å². The molecule has 21 heavy (non-hydrogen) atoms. The molecule has 0 aromatic heterocycles. The molecule has 1 atom stereocenters. The van der Waals surface area contributed by atoms with Crippen LogP contribution in [0.4, 0.5) is 4.39 Å². The number of aliphatic hydroxyl groups is 1. The molecule has 0 radical (unpaired) electrons. The molecule has 0 heterocycles. The van der Waals surface area contributed by atoms with Gasteiger partial charge in [0.2, 0.25) is 0 Å². The van der Waals surface area contributed by atoms with Crippen LogP contribution in [0.5, 0.6) is 5.75 Å². The third-order valence-electron chi connectivity index (χ3n) is 3.63. The van der Waals surface area contributed by atoms with Gasteiger partial charge in [-0.25, -0.2) is 4.39 Å². The number of methoxy groups -OCH3 is 1. The van der Waals surface area contributed by atoms with Gasteiger partial charge in [-0.15, -0.1) is 0 Å². The lowest BCUT2D eigenvalue weighted by molar-refractivity contribution is 0.221. The van der Waals surface area contributed by atoms with Crippen LogP contribution in [0.2, 0.25) is 0 Å². The summed E-state index contributed by atoms with van der Waals surface area (Å²) in [7, 11) is 1.60. The zero-order valence-electron chi connectivity index (χ0n) is 11.6. The third kappa shape index (κ3) is 2.48. The van der Waals surface area contributed by atoms with Gasteiger partial charge < -0.3 is 9.84 Å². The Hall–Kier alpha value is -2.39. The number of ether oxygens (including phenoxy) is 1. The highest BCUT2D eigenvalue weighted by Gasteiger charge is 2.15. The van der Waals surface area contributed by atoms with Gasteiger partial charge in [-0.3, -0.25) is 0 Å². The number of aliphatic hydroxyl groups excluding tert-OH is 1. The molecule has 2 nitrogen and oxygen atoms in total. The zero-order chi connectivity index (χ0) is 14.8. The molecule has 0 amide bonds. The van der Waals surface area contributed by atoms with E-state index >= 15 is 0 Å². The summed E-state index contributed by atoms with van der Waals surface area (Å²) in [6.45, 7) is 0. The lowest BCUT2D eigenvalue weighted by atomic mass is 9.95. The largest absolute Gasteiger partial charge is 0.497 e. The van der Waals surface area contributed by atoms with E-state index in [0.717, 1.165) is 16.7 Å². The summed E-state index contributed by atoms with van der Waals surface area (Å²) in [4.78, 5) is 0. The van der Waals surface area contributed by atoms with Crippen LogP contribution in [0.1, 0.15) is 17.2 Å². The van der Waals surface area contributed by atoms with Crippen molar-refractivity contribution in [3.05, 3.63) is 77.6 Å². The van der Waals surface area contributed by atoms with Crippen LogP contribution >= 0.6 is 0 Å². The van der Waals surface area contributed by atoms with E-state index in [1.54, 1.807) is 37.4 Å². The first-order valence-electron chi connectivity index (χ1n) is 6.70. The molecule has 0 aliphatic rings. The van der Waals surface area contributed by atoms with Crippen molar-refractivity contribution in [3.8, 4) is 5.75 Å². The smallest absolute Gasteiger partial charge is 0.131 e. The minimum Gasteiger partial charge on any atom is -0.497 e. The molecule has 3 aromatic rings. The maximum atomic E-state index is 13.8. The van der Waals surface area contributed by atoms with Crippen molar-refractivity contribution in [1.82, 2.24) is 0 Å². The Morgan fingerprint density at radius 1 is 0.905 bits per heavy atom. The molecule has 106 valence electrons. The first kappa shape index (κ1) is 13.6. The van der Waals surface area contributed by atoms with Crippen molar-refractivity contribution in [3.63, 3.8) is 0 Å². The van der Waals surface area contributed by atoms with Crippen molar-refractivity contribution in [2.24, 2.45) is 0 Å². The summed E-state index contributed by atoms with van der Waals surface area (Å²) in [6, 6.07) is 17.4. The first-order valence-corrected chi connectivity index (χ1v) is 6.70. The fraction of sp³-hybridized carbons (Fsp3) is 0.111. The van der Waals surface area contributed by atoms with E-state index in [0.29, 0.717) is 10.9 Å². The molecule has 1 unspecified atom stereocenters. The second-order valence-corrected chi connectivity index (χ2v) is 4.86. The van der Waals surface area contributed by atoms with Gasteiger partial charge in [0.1, 0.15) is 17.7 Å². The molecule has 1 N–H and O–H groups in total. The number of hydrogen-bond acceptors (Lipinski definition) is 2. The molecule has 0 fully saturated rings. The lowest BCUT2D eigenvalue weighted by Gasteiger charge is -2.15. The monoisotopic (exact) mass is 282 g/mol. The highest BCUT2D eigenvalue weighted by molar-refractivity contribution is 5.86.